The van der Waals surface area contributed by atoms with Crippen molar-refractivity contribution in [3.8, 4) is 0 Å². The number of ether oxygens (including phenoxy) is 2. The van der Waals surface area contributed by atoms with Gasteiger partial charge in [0.25, 0.3) is 11.8 Å². The number of benzene rings is 3. The van der Waals surface area contributed by atoms with E-state index in [1.54, 1.807) is 31.2 Å². The van der Waals surface area contributed by atoms with Crippen LogP contribution in [0.4, 0.5) is 10.7 Å². The van der Waals surface area contributed by atoms with E-state index in [1.165, 1.54) is 34.9 Å². The number of hydrogen-bond donors (Lipinski definition) is 2. The predicted octanol–water partition coefficient (Wildman–Crippen LogP) is 7.59. The number of thiophene rings is 1. The normalized spacial score (nSPS) is 13.9. The van der Waals surface area contributed by atoms with Crippen LogP contribution in [0.2, 0.25) is 0 Å². The molecule has 290 valence electrons. The van der Waals surface area contributed by atoms with Crippen molar-refractivity contribution >= 4 is 55.8 Å². The summed E-state index contributed by atoms with van der Waals surface area (Å²) in [6, 6.07) is 21.0. The van der Waals surface area contributed by atoms with Crippen LogP contribution in [0.15, 0.2) is 77.7 Å². The van der Waals surface area contributed by atoms with Gasteiger partial charge in [0.1, 0.15) is 5.00 Å². The molecule has 0 spiro atoms. The molecule has 0 aliphatic heterocycles. The van der Waals surface area contributed by atoms with Crippen LogP contribution < -0.4 is 10.6 Å². The lowest BCUT2D eigenvalue weighted by Gasteiger charge is -2.22. The first-order chi connectivity index (χ1) is 26.6. The van der Waals surface area contributed by atoms with E-state index < -0.39 is 15.9 Å². The number of anilines is 2. The maximum absolute atomic E-state index is 13.9. The molecule has 0 saturated heterocycles. The summed E-state index contributed by atoms with van der Waals surface area (Å²) in [6.07, 6.45) is 8.06. The molecule has 6 rings (SSSR count). The summed E-state index contributed by atoms with van der Waals surface area (Å²) in [7, 11) is -2.57. The highest BCUT2D eigenvalue weighted by Gasteiger charge is 2.38. The third-order valence-corrected chi connectivity index (χ3v) is 13.0. The van der Waals surface area contributed by atoms with Gasteiger partial charge in [-0.3, -0.25) is 14.4 Å². The van der Waals surface area contributed by atoms with Crippen LogP contribution in [0.5, 0.6) is 0 Å². The van der Waals surface area contributed by atoms with Gasteiger partial charge in [0.05, 0.1) is 29.7 Å². The third kappa shape index (κ3) is 10.1. The van der Waals surface area contributed by atoms with Crippen molar-refractivity contribution in [2.75, 3.05) is 30.9 Å². The smallest absolute Gasteiger partial charge is 0.337 e. The first-order valence-electron chi connectivity index (χ1n) is 18.9. The molecule has 2 N–H and O–H groups in total. The minimum Gasteiger partial charge on any atom is -0.466 e. The van der Waals surface area contributed by atoms with Gasteiger partial charge in [0, 0.05) is 35.1 Å². The lowest BCUT2D eigenvalue weighted by molar-refractivity contribution is -0.143. The molecule has 1 heterocycles. The van der Waals surface area contributed by atoms with Crippen LogP contribution in [0, 0.1) is 0 Å². The second-order valence-corrected chi connectivity index (χ2v) is 16.8. The van der Waals surface area contributed by atoms with Crippen LogP contribution in [0.3, 0.4) is 0 Å². The molecule has 3 aromatic carbocycles. The lowest BCUT2D eigenvalue weighted by atomic mass is 9.95. The molecule has 0 bridgehead atoms. The molecule has 2 aliphatic rings. The Bertz CT molecular complexity index is 2120. The molecule has 13 heteroatoms. The van der Waals surface area contributed by atoms with E-state index in [2.05, 4.69) is 10.6 Å². The van der Waals surface area contributed by atoms with Gasteiger partial charge < -0.3 is 20.1 Å². The second-order valence-electron chi connectivity index (χ2n) is 13.8. The van der Waals surface area contributed by atoms with Gasteiger partial charge in [-0.25, -0.2) is 13.2 Å². The number of amides is 2. The average molecular weight is 786 g/mol. The highest BCUT2D eigenvalue weighted by Crippen LogP contribution is 2.39. The fourth-order valence-corrected chi connectivity index (χ4v) is 9.90. The van der Waals surface area contributed by atoms with Crippen LogP contribution in [0.25, 0.3) is 0 Å². The number of nitrogens with one attached hydrogen (secondary N) is 2. The molecule has 1 saturated carbocycles. The standard InChI is InChI=1S/C42H47N3O8S2/c1-3-53-37(46)15-8-26-45(33-24-25-33)55(50,51)34-12-7-11-31(27-34)39(47)44-41-38(35-13-4-5-14-36(35)54-41)40(48)43-32-22-18-29(19-23-32)10-6-9-28-16-20-30(21-17-28)42(49)52-2/h7,11-12,16-23,27,33H,3-6,8-10,13-15,24-26H2,1-2H3,(H,43,48)(H,44,47). The summed E-state index contributed by atoms with van der Waals surface area (Å²) < 4.78 is 38.8. The molecule has 2 aliphatic carbocycles. The topological polar surface area (TPSA) is 148 Å². The van der Waals surface area contributed by atoms with Gasteiger partial charge in [0.15, 0.2) is 0 Å². The zero-order valence-corrected chi connectivity index (χ0v) is 32.9. The number of carbonyl (C=O) groups is 4. The van der Waals surface area contributed by atoms with E-state index in [0.29, 0.717) is 28.2 Å². The number of carbonyl (C=O) groups excluding carboxylic acids is 4. The van der Waals surface area contributed by atoms with Crippen molar-refractivity contribution in [2.24, 2.45) is 0 Å². The van der Waals surface area contributed by atoms with Crippen molar-refractivity contribution in [2.45, 2.75) is 88.5 Å². The molecule has 1 fully saturated rings. The Morgan fingerprint density at radius 1 is 0.836 bits per heavy atom. The maximum atomic E-state index is 13.9. The van der Waals surface area contributed by atoms with Gasteiger partial charge in [-0.15, -0.1) is 11.3 Å². The van der Waals surface area contributed by atoms with Crippen LogP contribution in [0.1, 0.15) is 105 Å². The Kier molecular flexibility index (Phi) is 13.2. The first kappa shape index (κ1) is 39.8. The van der Waals surface area contributed by atoms with Crippen LogP contribution in [-0.2, 0) is 50.0 Å². The number of fused-ring (bicyclic) bond motifs is 1. The molecule has 2 amide bonds. The zero-order valence-electron chi connectivity index (χ0n) is 31.2. The molecule has 0 unspecified atom stereocenters. The Morgan fingerprint density at radius 2 is 1.53 bits per heavy atom. The number of esters is 2. The van der Waals surface area contributed by atoms with E-state index in [-0.39, 0.29) is 53.9 Å². The molecular formula is C42H47N3O8S2. The number of methoxy groups -OCH3 is 1. The Balaban J connectivity index is 1.11. The van der Waals surface area contributed by atoms with Gasteiger partial charge in [-0.05, 0) is 130 Å². The fourth-order valence-electron chi connectivity index (χ4n) is 6.85. The van der Waals surface area contributed by atoms with Crippen molar-refractivity contribution < 1.29 is 37.1 Å². The number of aryl methyl sites for hydroxylation is 3. The number of nitrogens with zero attached hydrogens (tertiary/aromatic N) is 1. The Hall–Kier alpha value is -4.85. The number of sulfonamides is 1. The summed E-state index contributed by atoms with van der Waals surface area (Å²) in [5.74, 6) is -1.53. The summed E-state index contributed by atoms with van der Waals surface area (Å²) in [4.78, 5) is 52.2. The number of hydrogen-bond acceptors (Lipinski definition) is 9. The van der Waals surface area contributed by atoms with Gasteiger partial charge in [-0.1, -0.05) is 30.3 Å². The molecule has 1 aromatic heterocycles. The van der Waals surface area contributed by atoms with E-state index >= 15 is 0 Å². The zero-order chi connectivity index (χ0) is 39.0. The van der Waals surface area contributed by atoms with Crippen molar-refractivity contribution in [1.29, 1.82) is 0 Å². The van der Waals surface area contributed by atoms with Gasteiger partial charge in [-0.2, -0.15) is 4.31 Å². The SMILES string of the molecule is CCOC(=O)CCCN(C1CC1)S(=O)(=O)c1cccc(C(=O)Nc2sc3c(c2C(=O)Nc2ccc(CCCc4ccc(C(=O)OC)cc4)cc2)CCCC3)c1. The van der Waals surface area contributed by atoms with Crippen molar-refractivity contribution in [1.82, 2.24) is 4.31 Å². The van der Waals surface area contributed by atoms with Crippen molar-refractivity contribution in [3.05, 3.63) is 111 Å². The average Bonchev–Trinajstić information content (AvgIpc) is 3.96. The lowest BCUT2D eigenvalue weighted by Crippen LogP contribution is -2.34. The third-order valence-electron chi connectivity index (χ3n) is 9.86. The first-order valence-corrected chi connectivity index (χ1v) is 21.1. The highest BCUT2D eigenvalue weighted by molar-refractivity contribution is 7.89. The number of rotatable bonds is 17. The Morgan fingerprint density at radius 3 is 2.20 bits per heavy atom. The molecular weight excluding hydrogens is 739 g/mol. The van der Waals surface area contributed by atoms with Gasteiger partial charge >= 0.3 is 11.9 Å². The van der Waals surface area contributed by atoms with E-state index in [0.717, 1.165) is 79.4 Å². The second kappa shape index (κ2) is 18.2. The minimum absolute atomic E-state index is 0.00404. The molecule has 4 aromatic rings. The quantitative estimate of drug-likeness (QED) is 0.104. The summed E-state index contributed by atoms with van der Waals surface area (Å²) >= 11 is 1.40. The summed E-state index contributed by atoms with van der Waals surface area (Å²) in [5.41, 5.74) is 4.98. The van der Waals surface area contributed by atoms with Crippen LogP contribution >= 0.6 is 11.3 Å². The summed E-state index contributed by atoms with van der Waals surface area (Å²) in [5, 5.41) is 6.42. The van der Waals surface area contributed by atoms with Gasteiger partial charge in [0.2, 0.25) is 10.0 Å². The molecule has 55 heavy (non-hydrogen) atoms. The largest absolute Gasteiger partial charge is 0.466 e. The highest BCUT2D eigenvalue weighted by atomic mass is 32.2. The Labute approximate surface area is 326 Å². The molecule has 0 atom stereocenters. The minimum atomic E-state index is -3.94. The van der Waals surface area contributed by atoms with Crippen LogP contribution in [-0.4, -0.2) is 62.8 Å². The monoisotopic (exact) mass is 785 g/mol. The summed E-state index contributed by atoms with van der Waals surface area (Å²) in [6.45, 7) is 2.18. The van der Waals surface area contributed by atoms with E-state index in [1.807, 2.05) is 36.4 Å². The van der Waals surface area contributed by atoms with Crippen molar-refractivity contribution in [3.63, 3.8) is 0 Å². The fraction of sp³-hybridized carbons (Fsp3) is 0.381. The molecule has 0 radical (unpaired) electrons. The predicted molar refractivity (Wildman–Crippen MR) is 212 cm³/mol. The maximum Gasteiger partial charge on any atom is 0.337 e. The van der Waals surface area contributed by atoms with E-state index in [4.69, 9.17) is 9.47 Å². The molecule has 11 nitrogen and oxygen atoms in total. The van der Waals surface area contributed by atoms with E-state index in [9.17, 15) is 27.6 Å².